The highest BCUT2D eigenvalue weighted by atomic mass is 16.5. The average Bonchev–Trinajstić information content (AvgIpc) is 2.33. The number of unbranched alkanes of at least 4 members (excludes halogenated alkanes) is 5. The third-order valence-electron chi connectivity index (χ3n) is 3.88. The molecule has 0 aliphatic heterocycles. The number of ether oxygens (including phenoxy) is 1. The Kier molecular flexibility index (Phi) is 7.87. The van der Waals surface area contributed by atoms with E-state index in [1.54, 1.807) is 0 Å². The van der Waals surface area contributed by atoms with Crippen LogP contribution in [-0.4, -0.2) is 18.8 Å². The van der Waals surface area contributed by atoms with Crippen LogP contribution in [0, 0.1) is 0 Å². The minimum Gasteiger partial charge on any atom is -0.380 e. The molecule has 0 aromatic carbocycles. The molecule has 0 amide bonds. The zero-order chi connectivity index (χ0) is 12.4. The second-order valence-electron chi connectivity index (χ2n) is 5.74. The van der Waals surface area contributed by atoms with Gasteiger partial charge in [-0.25, -0.2) is 0 Å². The fraction of sp³-hybridized carbons (Fsp3) is 1.00. The minimum absolute atomic E-state index is 0.000457. The summed E-state index contributed by atoms with van der Waals surface area (Å²) in [6.45, 7) is 3.95. The molecule has 17 heavy (non-hydrogen) atoms. The SMILES string of the molecule is CCCCCCCCOCC1(N)CCCCC1. The molecule has 2 N–H and O–H groups in total. The highest BCUT2D eigenvalue weighted by molar-refractivity contribution is 4.86. The van der Waals surface area contributed by atoms with Crippen molar-refractivity contribution in [1.82, 2.24) is 0 Å². The molecule has 0 aromatic heterocycles. The van der Waals surface area contributed by atoms with Crippen molar-refractivity contribution in [1.29, 1.82) is 0 Å². The van der Waals surface area contributed by atoms with Gasteiger partial charge in [-0.1, -0.05) is 58.3 Å². The first kappa shape index (κ1) is 15.0. The summed E-state index contributed by atoms with van der Waals surface area (Å²) < 4.78 is 5.76. The zero-order valence-corrected chi connectivity index (χ0v) is 11.7. The summed E-state index contributed by atoms with van der Waals surface area (Å²) in [5.74, 6) is 0. The van der Waals surface area contributed by atoms with E-state index in [1.807, 2.05) is 0 Å². The smallest absolute Gasteiger partial charge is 0.0646 e. The van der Waals surface area contributed by atoms with Crippen LogP contribution in [0.25, 0.3) is 0 Å². The average molecular weight is 241 g/mol. The summed E-state index contributed by atoms with van der Waals surface area (Å²) >= 11 is 0. The molecule has 0 radical (unpaired) electrons. The van der Waals surface area contributed by atoms with Crippen molar-refractivity contribution < 1.29 is 4.74 Å². The van der Waals surface area contributed by atoms with Gasteiger partial charge in [0.1, 0.15) is 0 Å². The van der Waals surface area contributed by atoms with Gasteiger partial charge in [0.2, 0.25) is 0 Å². The predicted molar refractivity (Wildman–Crippen MR) is 74.2 cm³/mol. The molecule has 0 spiro atoms. The van der Waals surface area contributed by atoms with E-state index in [0.717, 1.165) is 26.1 Å². The second kappa shape index (κ2) is 8.93. The van der Waals surface area contributed by atoms with Gasteiger partial charge in [-0.15, -0.1) is 0 Å². The van der Waals surface area contributed by atoms with Gasteiger partial charge in [0, 0.05) is 12.1 Å². The molecule has 0 aromatic rings. The molecule has 0 saturated heterocycles. The summed E-state index contributed by atoms with van der Waals surface area (Å²) in [6, 6.07) is 0. The molecule has 1 saturated carbocycles. The van der Waals surface area contributed by atoms with Crippen molar-refractivity contribution in [2.24, 2.45) is 5.73 Å². The molecule has 1 aliphatic rings. The van der Waals surface area contributed by atoms with Gasteiger partial charge >= 0.3 is 0 Å². The maximum absolute atomic E-state index is 6.31. The minimum atomic E-state index is 0.000457. The number of rotatable bonds is 9. The van der Waals surface area contributed by atoms with Crippen LogP contribution in [0.2, 0.25) is 0 Å². The monoisotopic (exact) mass is 241 g/mol. The lowest BCUT2D eigenvalue weighted by molar-refractivity contribution is 0.0655. The maximum Gasteiger partial charge on any atom is 0.0646 e. The summed E-state index contributed by atoms with van der Waals surface area (Å²) in [5, 5.41) is 0. The van der Waals surface area contributed by atoms with Crippen molar-refractivity contribution in [3.8, 4) is 0 Å². The molecule has 0 unspecified atom stereocenters. The van der Waals surface area contributed by atoms with E-state index in [4.69, 9.17) is 10.5 Å². The van der Waals surface area contributed by atoms with Crippen LogP contribution >= 0.6 is 0 Å². The van der Waals surface area contributed by atoms with Gasteiger partial charge in [0.05, 0.1) is 6.61 Å². The number of hydrogen-bond donors (Lipinski definition) is 1. The molecule has 2 nitrogen and oxygen atoms in total. The fourth-order valence-corrected chi connectivity index (χ4v) is 2.66. The molecular formula is C15H31NO. The second-order valence-corrected chi connectivity index (χ2v) is 5.74. The first-order valence-corrected chi connectivity index (χ1v) is 7.63. The Morgan fingerprint density at radius 2 is 1.59 bits per heavy atom. The standard InChI is InChI=1S/C15H31NO/c1-2-3-4-5-6-10-13-17-14-15(16)11-8-7-9-12-15/h2-14,16H2,1H3. The molecular weight excluding hydrogens is 210 g/mol. The van der Waals surface area contributed by atoms with Crippen molar-refractivity contribution in [2.45, 2.75) is 83.1 Å². The first-order valence-electron chi connectivity index (χ1n) is 7.63. The normalized spacial score (nSPS) is 19.4. The van der Waals surface area contributed by atoms with Crippen LogP contribution in [0.5, 0.6) is 0 Å². The largest absolute Gasteiger partial charge is 0.380 e. The Morgan fingerprint density at radius 3 is 2.29 bits per heavy atom. The molecule has 102 valence electrons. The molecule has 0 atom stereocenters. The Morgan fingerprint density at radius 1 is 0.941 bits per heavy atom. The molecule has 0 heterocycles. The van der Waals surface area contributed by atoms with Gasteiger partial charge < -0.3 is 10.5 Å². The maximum atomic E-state index is 6.31. The van der Waals surface area contributed by atoms with E-state index in [-0.39, 0.29) is 5.54 Å². The van der Waals surface area contributed by atoms with Crippen LogP contribution in [0.15, 0.2) is 0 Å². The van der Waals surface area contributed by atoms with E-state index in [1.165, 1.54) is 57.8 Å². The fourth-order valence-electron chi connectivity index (χ4n) is 2.66. The van der Waals surface area contributed by atoms with Gasteiger partial charge in [-0.3, -0.25) is 0 Å². The number of hydrogen-bond acceptors (Lipinski definition) is 2. The van der Waals surface area contributed by atoms with Crippen LogP contribution < -0.4 is 5.73 Å². The summed E-state index contributed by atoms with van der Waals surface area (Å²) in [4.78, 5) is 0. The Labute approximate surface area is 107 Å². The molecule has 0 bridgehead atoms. The zero-order valence-electron chi connectivity index (χ0n) is 11.7. The Hall–Kier alpha value is -0.0800. The van der Waals surface area contributed by atoms with Gasteiger partial charge in [0.25, 0.3) is 0 Å². The lowest BCUT2D eigenvalue weighted by atomic mass is 9.83. The van der Waals surface area contributed by atoms with E-state index in [0.29, 0.717) is 0 Å². The molecule has 1 rings (SSSR count). The topological polar surface area (TPSA) is 35.2 Å². The highest BCUT2D eigenvalue weighted by Gasteiger charge is 2.27. The van der Waals surface area contributed by atoms with Gasteiger partial charge in [0.15, 0.2) is 0 Å². The third-order valence-corrected chi connectivity index (χ3v) is 3.88. The van der Waals surface area contributed by atoms with Gasteiger partial charge in [-0.2, -0.15) is 0 Å². The summed E-state index contributed by atoms with van der Waals surface area (Å²) in [6.07, 6.45) is 14.2. The predicted octanol–water partition coefficient (Wildman–Crippen LogP) is 4.03. The molecule has 1 aliphatic carbocycles. The lowest BCUT2D eigenvalue weighted by Gasteiger charge is -2.33. The van der Waals surface area contributed by atoms with Crippen LogP contribution in [0.1, 0.15) is 77.6 Å². The molecule has 1 fully saturated rings. The third kappa shape index (κ3) is 7.05. The Balaban J connectivity index is 1.89. The Bertz CT molecular complexity index is 176. The summed E-state index contributed by atoms with van der Waals surface area (Å²) in [5.41, 5.74) is 6.31. The highest BCUT2D eigenvalue weighted by Crippen LogP contribution is 2.26. The van der Waals surface area contributed by atoms with Crippen LogP contribution in [-0.2, 0) is 4.74 Å². The van der Waals surface area contributed by atoms with Crippen LogP contribution in [0.3, 0.4) is 0 Å². The molecule has 2 heteroatoms. The quantitative estimate of drug-likeness (QED) is 0.619. The van der Waals surface area contributed by atoms with Crippen molar-refractivity contribution in [3.05, 3.63) is 0 Å². The van der Waals surface area contributed by atoms with E-state index >= 15 is 0 Å². The number of nitrogens with two attached hydrogens (primary N) is 1. The van der Waals surface area contributed by atoms with E-state index in [2.05, 4.69) is 6.92 Å². The van der Waals surface area contributed by atoms with Crippen molar-refractivity contribution >= 4 is 0 Å². The van der Waals surface area contributed by atoms with Crippen LogP contribution in [0.4, 0.5) is 0 Å². The first-order chi connectivity index (χ1) is 8.27. The van der Waals surface area contributed by atoms with E-state index < -0.39 is 0 Å². The lowest BCUT2D eigenvalue weighted by Crippen LogP contribution is -2.46. The van der Waals surface area contributed by atoms with Crippen molar-refractivity contribution in [2.75, 3.05) is 13.2 Å². The van der Waals surface area contributed by atoms with Crippen molar-refractivity contribution in [3.63, 3.8) is 0 Å². The summed E-state index contributed by atoms with van der Waals surface area (Å²) in [7, 11) is 0. The van der Waals surface area contributed by atoms with Gasteiger partial charge in [-0.05, 0) is 19.3 Å². The van der Waals surface area contributed by atoms with E-state index in [9.17, 15) is 0 Å².